The Morgan fingerprint density at radius 2 is 1.71 bits per heavy atom. The smallest absolute Gasteiger partial charge is 0.340 e. The van der Waals surface area contributed by atoms with Gasteiger partial charge in [-0.3, -0.25) is 4.79 Å². The van der Waals surface area contributed by atoms with Crippen molar-refractivity contribution in [2.75, 3.05) is 7.11 Å². The first-order valence-corrected chi connectivity index (χ1v) is 11.0. The number of methoxy groups -OCH3 is 1. The Balaban J connectivity index is 1.74. The third-order valence-electron chi connectivity index (χ3n) is 6.05. The predicted octanol–water partition coefficient (Wildman–Crippen LogP) is 4.14. The van der Waals surface area contributed by atoms with Crippen LogP contribution in [0.3, 0.4) is 0 Å². The summed E-state index contributed by atoms with van der Waals surface area (Å²) in [5.74, 6) is -1.61. The van der Waals surface area contributed by atoms with Gasteiger partial charge in [-0.15, -0.1) is 0 Å². The number of nitrogens with two attached hydrogens (primary N) is 1. The number of hydrogen-bond acceptors (Lipinski definition) is 7. The molecule has 0 amide bonds. The summed E-state index contributed by atoms with van der Waals surface area (Å²) in [5, 5.41) is 0. The van der Waals surface area contributed by atoms with E-state index in [1.807, 2.05) is 44.2 Å². The first-order chi connectivity index (χ1) is 16.2. The zero-order valence-corrected chi connectivity index (χ0v) is 19.4. The van der Waals surface area contributed by atoms with Crippen molar-refractivity contribution in [3.63, 3.8) is 0 Å². The van der Waals surface area contributed by atoms with E-state index >= 15 is 0 Å². The van der Waals surface area contributed by atoms with Crippen molar-refractivity contribution < 1.29 is 28.6 Å². The molecule has 4 rings (SSSR count). The molecule has 0 aromatic heterocycles. The Bertz CT molecular complexity index is 1190. The molecule has 2 aromatic carbocycles. The molecule has 2 N–H and O–H groups in total. The van der Waals surface area contributed by atoms with Gasteiger partial charge >= 0.3 is 11.9 Å². The van der Waals surface area contributed by atoms with Crippen molar-refractivity contribution in [2.24, 2.45) is 11.1 Å². The zero-order chi connectivity index (χ0) is 24.5. The van der Waals surface area contributed by atoms with Gasteiger partial charge in [0.2, 0.25) is 5.88 Å². The van der Waals surface area contributed by atoms with Crippen LogP contribution < -0.4 is 5.73 Å². The molecular weight excluding hydrogens is 434 g/mol. The van der Waals surface area contributed by atoms with Crippen LogP contribution in [0.1, 0.15) is 54.1 Å². The summed E-state index contributed by atoms with van der Waals surface area (Å²) in [7, 11) is 1.30. The Morgan fingerprint density at radius 1 is 1.03 bits per heavy atom. The van der Waals surface area contributed by atoms with Crippen LogP contribution in [0.2, 0.25) is 0 Å². The fourth-order valence-corrected chi connectivity index (χ4v) is 4.45. The molecule has 0 saturated heterocycles. The summed E-state index contributed by atoms with van der Waals surface area (Å²) in [5.41, 5.74) is 8.26. The molecule has 34 heavy (non-hydrogen) atoms. The Morgan fingerprint density at radius 3 is 2.35 bits per heavy atom. The average molecular weight is 462 g/mol. The lowest BCUT2D eigenvalue weighted by molar-refractivity contribution is -0.141. The maximum absolute atomic E-state index is 13.3. The lowest BCUT2D eigenvalue weighted by Gasteiger charge is -2.38. The van der Waals surface area contributed by atoms with Crippen molar-refractivity contribution in [2.45, 2.75) is 39.2 Å². The number of Topliss-reactive ketones (excluding diaryl/α,β-unsaturated/α-hetero) is 1. The van der Waals surface area contributed by atoms with Crippen molar-refractivity contribution in [3.8, 4) is 0 Å². The third-order valence-corrected chi connectivity index (χ3v) is 6.05. The molecule has 176 valence electrons. The second kappa shape index (κ2) is 9.17. The van der Waals surface area contributed by atoms with E-state index in [-0.39, 0.29) is 29.3 Å². The largest absolute Gasteiger partial charge is 0.465 e. The second-order valence-electron chi connectivity index (χ2n) is 9.27. The number of esters is 2. The molecule has 0 saturated carbocycles. The third kappa shape index (κ3) is 4.59. The van der Waals surface area contributed by atoms with Gasteiger partial charge in [0.1, 0.15) is 17.9 Å². The van der Waals surface area contributed by atoms with Gasteiger partial charge in [0, 0.05) is 18.4 Å². The molecule has 1 atom stereocenters. The van der Waals surface area contributed by atoms with Crippen molar-refractivity contribution in [1.29, 1.82) is 0 Å². The van der Waals surface area contributed by atoms with E-state index in [9.17, 15) is 14.4 Å². The van der Waals surface area contributed by atoms with Crippen molar-refractivity contribution >= 4 is 17.7 Å². The van der Waals surface area contributed by atoms with E-state index in [2.05, 4.69) is 0 Å². The van der Waals surface area contributed by atoms with Gasteiger partial charge < -0.3 is 19.9 Å². The van der Waals surface area contributed by atoms with Gasteiger partial charge in [0.05, 0.1) is 18.6 Å². The van der Waals surface area contributed by atoms with Crippen LogP contribution in [0, 0.1) is 5.41 Å². The molecule has 0 unspecified atom stereocenters. The summed E-state index contributed by atoms with van der Waals surface area (Å²) >= 11 is 0. The second-order valence-corrected chi connectivity index (χ2v) is 9.27. The number of benzene rings is 2. The SMILES string of the molecule is COC(=O)c1ccc([C@@H]2C(C(=O)OCc3ccccc3)=C(N)OC3=C2C(=O)CC(C)(C)C3)cc1. The minimum Gasteiger partial charge on any atom is -0.465 e. The van der Waals surface area contributed by atoms with E-state index in [1.165, 1.54) is 7.11 Å². The molecule has 1 aliphatic heterocycles. The van der Waals surface area contributed by atoms with Crippen LogP contribution in [-0.4, -0.2) is 24.8 Å². The fourth-order valence-electron chi connectivity index (χ4n) is 4.45. The van der Waals surface area contributed by atoms with Crippen LogP contribution in [0.15, 0.2) is 77.4 Å². The maximum atomic E-state index is 13.3. The van der Waals surface area contributed by atoms with Gasteiger partial charge in [0.15, 0.2) is 5.78 Å². The molecular formula is C27H27NO6. The number of rotatable bonds is 5. The van der Waals surface area contributed by atoms with Crippen LogP contribution in [-0.2, 0) is 30.4 Å². The van der Waals surface area contributed by atoms with Crippen LogP contribution in [0.4, 0.5) is 0 Å². The Labute approximate surface area is 198 Å². The molecule has 2 aliphatic rings. The molecule has 0 spiro atoms. The summed E-state index contributed by atoms with van der Waals surface area (Å²) in [6, 6.07) is 15.8. The quantitative estimate of drug-likeness (QED) is 0.667. The van der Waals surface area contributed by atoms with Crippen LogP contribution >= 0.6 is 0 Å². The van der Waals surface area contributed by atoms with E-state index in [0.717, 1.165) is 5.56 Å². The lowest BCUT2D eigenvalue weighted by atomic mass is 9.70. The average Bonchev–Trinajstić information content (AvgIpc) is 2.81. The highest BCUT2D eigenvalue weighted by Crippen LogP contribution is 2.48. The standard InChI is InChI=1S/C27H27NO6/c1-27(2)13-19(29)22-20(14-27)34-24(28)23(26(31)33-15-16-7-5-4-6-8-16)21(22)17-9-11-18(12-10-17)25(30)32-3/h4-12,21H,13-15,28H2,1-3H3/t21-/m0/s1. The lowest BCUT2D eigenvalue weighted by Crippen LogP contribution is -2.35. The highest BCUT2D eigenvalue weighted by molar-refractivity contribution is 6.03. The van der Waals surface area contributed by atoms with Gasteiger partial charge in [-0.2, -0.15) is 0 Å². The number of allylic oxidation sites excluding steroid dienone is 2. The number of carbonyl (C=O) groups is 3. The number of ketones is 1. The first kappa shape index (κ1) is 23.3. The Kier molecular flexibility index (Phi) is 6.28. The van der Waals surface area contributed by atoms with Gasteiger partial charge in [0.25, 0.3) is 0 Å². The van der Waals surface area contributed by atoms with Crippen LogP contribution in [0.25, 0.3) is 0 Å². The van der Waals surface area contributed by atoms with Crippen molar-refractivity contribution in [1.82, 2.24) is 0 Å². The molecule has 1 heterocycles. The summed E-state index contributed by atoms with van der Waals surface area (Å²) in [6.45, 7) is 4.03. The molecule has 1 aliphatic carbocycles. The normalized spacial score (nSPS) is 19.3. The number of carbonyl (C=O) groups excluding carboxylic acids is 3. The van der Waals surface area contributed by atoms with Crippen molar-refractivity contribution in [3.05, 3.63) is 94.1 Å². The van der Waals surface area contributed by atoms with Crippen LogP contribution in [0.5, 0.6) is 0 Å². The molecule has 7 nitrogen and oxygen atoms in total. The highest BCUT2D eigenvalue weighted by Gasteiger charge is 2.45. The monoisotopic (exact) mass is 461 g/mol. The first-order valence-electron chi connectivity index (χ1n) is 11.0. The molecule has 2 aromatic rings. The summed E-state index contributed by atoms with van der Waals surface area (Å²) < 4.78 is 16.2. The van der Waals surface area contributed by atoms with E-state index in [0.29, 0.717) is 35.3 Å². The minimum absolute atomic E-state index is 0.0529. The summed E-state index contributed by atoms with van der Waals surface area (Å²) in [6.07, 6.45) is 0.829. The molecule has 7 heteroatoms. The molecule has 0 bridgehead atoms. The van der Waals surface area contributed by atoms with Gasteiger partial charge in [-0.25, -0.2) is 9.59 Å². The summed E-state index contributed by atoms with van der Waals surface area (Å²) in [4.78, 5) is 38.4. The fraction of sp³-hybridized carbons (Fsp3) is 0.296. The zero-order valence-electron chi connectivity index (χ0n) is 19.4. The Hall–Kier alpha value is -3.87. The molecule has 0 radical (unpaired) electrons. The molecule has 0 fully saturated rings. The van der Waals surface area contributed by atoms with Gasteiger partial charge in [-0.1, -0.05) is 56.3 Å². The minimum atomic E-state index is -0.762. The number of ether oxygens (including phenoxy) is 3. The van der Waals surface area contributed by atoms with E-state index < -0.39 is 17.9 Å². The van der Waals surface area contributed by atoms with Gasteiger partial charge in [-0.05, 0) is 28.7 Å². The number of hydrogen-bond donors (Lipinski definition) is 1. The van der Waals surface area contributed by atoms with E-state index in [4.69, 9.17) is 19.9 Å². The maximum Gasteiger partial charge on any atom is 0.340 e. The predicted molar refractivity (Wildman–Crippen MR) is 124 cm³/mol. The highest BCUT2D eigenvalue weighted by atomic mass is 16.5. The van der Waals surface area contributed by atoms with E-state index in [1.54, 1.807) is 24.3 Å². The topological polar surface area (TPSA) is 105 Å².